The molecule has 4 unspecified atom stereocenters. The third-order valence-corrected chi connectivity index (χ3v) is 8.98. The predicted molar refractivity (Wildman–Crippen MR) is 138 cm³/mol. The average molecular weight is 568 g/mol. The van der Waals surface area contributed by atoms with Crippen molar-refractivity contribution >= 4 is 44.7 Å². The second-order valence-corrected chi connectivity index (χ2v) is 11.3. The van der Waals surface area contributed by atoms with E-state index in [0.717, 1.165) is 17.0 Å². The maximum atomic E-state index is 13.4. The number of ether oxygens (including phenoxy) is 1. The minimum Gasteiger partial charge on any atom is -0.368 e. The minimum atomic E-state index is -4.37. The Kier molecular flexibility index (Phi) is 6.41. The molecule has 3 aromatic rings. The van der Waals surface area contributed by atoms with Crippen LogP contribution in [0.4, 0.5) is 18.9 Å². The molecule has 1 amide bonds. The Morgan fingerprint density at radius 2 is 2.00 bits per heavy atom. The largest absolute Gasteiger partial charge is 0.406 e. The van der Waals surface area contributed by atoms with Gasteiger partial charge in [0.15, 0.2) is 0 Å². The molecule has 3 aliphatic rings. The topological polar surface area (TPSA) is 81.8 Å². The monoisotopic (exact) mass is 567 g/mol. The van der Waals surface area contributed by atoms with Gasteiger partial charge >= 0.3 is 6.18 Å². The molecule has 5 heterocycles. The molecule has 0 saturated carbocycles. The van der Waals surface area contributed by atoms with Gasteiger partial charge < -0.3 is 19.5 Å². The van der Waals surface area contributed by atoms with Gasteiger partial charge in [0.05, 0.1) is 16.4 Å². The number of nitrogens with zero attached hydrogens (tertiary/aromatic N) is 4. The second-order valence-electron chi connectivity index (χ2n) is 9.85. The Morgan fingerprint density at radius 3 is 2.68 bits per heavy atom. The van der Waals surface area contributed by atoms with Crippen molar-refractivity contribution in [1.29, 1.82) is 0 Å². The molecule has 0 radical (unpaired) electrons. The van der Waals surface area contributed by atoms with Crippen LogP contribution in [0.2, 0.25) is 5.02 Å². The van der Waals surface area contributed by atoms with Gasteiger partial charge in [-0.2, -0.15) is 13.2 Å². The molecule has 4 atom stereocenters. The first-order chi connectivity index (χ1) is 18.1. The van der Waals surface area contributed by atoms with Gasteiger partial charge in [-0.25, -0.2) is 4.98 Å². The van der Waals surface area contributed by atoms with Gasteiger partial charge in [0.1, 0.15) is 22.9 Å². The summed E-state index contributed by atoms with van der Waals surface area (Å²) in [5.74, 6) is 0.0871. The van der Waals surface area contributed by atoms with Crippen LogP contribution in [0.3, 0.4) is 0 Å². The fraction of sp³-hybridized carbons (Fsp3) is 0.480. The average Bonchev–Trinajstić information content (AvgIpc) is 3.55. The van der Waals surface area contributed by atoms with Gasteiger partial charge in [-0.1, -0.05) is 17.7 Å². The lowest BCUT2D eigenvalue weighted by atomic mass is 10.2. The van der Waals surface area contributed by atoms with Crippen LogP contribution in [0.5, 0.6) is 0 Å². The van der Waals surface area contributed by atoms with Gasteiger partial charge in [-0.15, -0.1) is 11.3 Å². The van der Waals surface area contributed by atoms with Gasteiger partial charge in [0.25, 0.3) is 11.5 Å². The van der Waals surface area contributed by atoms with E-state index >= 15 is 0 Å². The number of anilines is 1. The third-order valence-electron chi connectivity index (χ3n) is 7.57. The lowest BCUT2D eigenvalue weighted by Crippen LogP contribution is -2.48. The Hall–Kier alpha value is -2.67. The first-order valence-corrected chi connectivity index (χ1v) is 13.6. The Bertz CT molecular complexity index is 1450. The van der Waals surface area contributed by atoms with Crippen molar-refractivity contribution in [2.45, 2.75) is 44.3 Å². The zero-order valence-corrected chi connectivity index (χ0v) is 22.0. The number of carbonyl (C=O) groups excluding carboxylic acids is 1. The number of fused-ring (bicyclic) bond motifs is 3. The molecule has 8 nitrogen and oxygen atoms in total. The summed E-state index contributed by atoms with van der Waals surface area (Å²) < 4.78 is 46.0. The van der Waals surface area contributed by atoms with Gasteiger partial charge in [-0.3, -0.25) is 14.5 Å². The van der Waals surface area contributed by atoms with Gasteiger partial charge in [0.2, 0.25) is 0 Å². The lowest BCUT2D eigenvalue weighted by molar-refractivity contribution is -0.173. The van der Waals surface area contributed by atoms with E-state index in [1.165, 1.54) is 4.90 Å². The van der Waals surface area contributed by atoms with E-state index in [2.05, 4.69) is 14.9 Å². The van der Waals surface area contributed by atoms with Crippen molar-refractivity contribution in [3.05, 3.63) is 55.9 Å². The van der Waals surface area contributed by atoms with Crippen LogP contribution in [0, 0.1) is 6.92 Å². The number of H-pyrrole nitrogens is 1. The number of thiophene rings is 1. The zero-order valence-electron chi connectivity index (χ0n) is 20.4. The quantitative estimate of drug-likeness (QED) is 0.516. The molecular formula is C25H25ClF3N5O3S. The summed E-state index contributed by atoms with van der Waals surface area (Å²) in [5.41, 5.74) is 1.15. The number of halogens is 4. The smallest absolute Gasteiger partial charge is 0.368 e. The molecule has 2 bridgehead atoms. The van der Waals surface area contributed by atoms with Crippen LogP contribution in [-0.4, -0.2) is 82.9 Å². The summed E-state index contributed by atoms with van der Waals surface area (Å²) in [4.78, 5) is 39.7. The van der Waals surface area contributed by atoms with Crippen molar-refractivity contribution in [3.63, 3.8) is 0 Å². The molecule has 202 valence electrons. The molecule has 13 heteroatoms. The summed E-state index contributed by atoms with van der Waals surface area (Å²) in [5, 5.41) is 0.991. The number of benzene rings is 1. The highest BCUT2D eigenvalue weighted by Gasteiger charge is 2.59. The summed E-state index contributed by atoms with van der Waals surface area (Å²) in [6.45, 7) is 4.35. The lowest BCUT2D eigenvalue weighted by Gasteiger charge is -2.36. The molecule has 2 aromatic heterocycles. The molecule has 0 spiro atoms. The molecular weight excluding hydrogens is 543 g/mol. The fourth-order valence-corrected chi connectivity index (χ4v) is 7.09. The van der Waals surface area contributed by atoms with E-state index in [0.29, 0.717) is 58.3 Å². The van der Waals surface area contributed by atoms with E-state index in [1.807, 2.05) is 24.3 Å². The van der Waals surface area contributed by atoms with E-state index in [1.54, 1.807) is 11.8 Å². The maximum Gasteiger partial charge on any atom is 0.406 e. The number of amides is 1. The summed E-state index contributed by atoms with van der Waals surface area (Å²) >= 11 is 7.26. The number of piperazine rings is 1. The third kappa shape index (κ3) is 4.47. The summed E-state index contributed by atoms with van der Waals surface area (Å²) in [6.07, 6.45) is -5.73. The highest BCUT2D eigenvalue weighted by Crippen LogP contribution is 2.42. The first kappa shape index (κ1) is 25.6. The number of aryl methyl sites for hydroxylation is 1. The van der Waals surface area contributed by atoms with E-state index in [-0.39, 0.29) is 24.7 Å². The Labute approximate surface area is 224 Å². The van der Waals surface area contributed by atoms with Gasteiger partial charge in [-0.05, 0) is 37.1 Å². The number of aromatic amines is 1. The second kappa shape index (κ2) is 9.51. The number of hydrogen-bond acceptors (Lipinski definition) is 7. The van der Waals surface area contributed by atoms with Crippen LogP contribution in [0.1, 0.15) is 27.5 Å². The highest BCUT2D eigenvalue weighted by molar-refractivity contribution is 7.20. The molecule has 1 N–H and O–H groups in total. The van der Waals surface area contributed by atoms with Crippen LogP contribution in [0.25, 0.3) is 10.2 Å². The minimum absolute atomic E-state index is 0.0277. The van der Waals surface area contributed by atoms with Crippen LogP contribution < -0.4 is 10.5 Å². The van der Waals surface area contributed by atoms with Crippen molar-refractivity contribution in [1.82, 2.24) is 19.8 Å². The van der Waals surface area contributed by atoms with Gasteiger partial charge in [0, 0.05) is 49.9 Å². The van der Waals surface area contributed by atoms with E-state index in [4.69, 9.17) is 16.3 Å². The predicted octanol–water partition coefficient (Wildman–Crippen LogP) is 3.81. The van der Waals surface area contributed by atoms with Crippen LogP contribution in [0.15, 0.2) is 29.1 Å². The Morgan fingerprint density at radius 1 is 1.24 bits per heavy atom. The van der Waals surface area contributed by atoms with Crippen molar-refractivity contribution in [2.75, 3.05) is 37.6 Å². The number of carbonyl (C=O) groups is 1. The summed E-state index contributed by atoms with van der Waals surface area (Å²) in [7, 11) is 0. The van der Waals surface area contributed by atoms with E-state index in [9.17, 15) is 22.8 Å². The molecule has 3 saturated heterocycles. The molecule has 0 aliphatic carbocycles. The standard InChI is InChI=1S/C25H25ClF3N5O3S/c1-13-19-22(35)30-17(12-18-34-6-5-16(37-18)21(34)25(27,28)29)31-23(19)38-20(13)24(36)33-9-7-32(8-10-33)15-4-2-3-14(26)11-15/h2-4,11,16,18,21H,5-10,12H2,1H3,(H,30,31,35). The van der Waals surface area contributed by atoms with Crippen molar-refractivity contribution in [3.8, 4) is 0 Å². The summed E-state index contributed by atoms with van der Waals surface area (Å²) in [6, 6.07) is 5.96. The normalized spacial score (nSPS) is 25.5. The number of rotatable bonds is 4. The van der Waals surface area contributed by atoms with E-state index < -0.39 is 30.1 Å². The fourth-order valence-electron chi connectivity index (χ4n) is 5.74. The molecule has 3 fully saturated rings. The zero-order chi connectivity index (χ0) is 26.8. The van der Waals surface area contributed by atoms with Crippen LogP contribution >= 0.6 is 22.9 Å². The Balaban J connectivity index is 1.19. The van der Waals surface area contributed by atoms with Crippen molar-refractivity contribution in [2.24, 2.45) is 0 Å². The molecule has 6 rings (SSSR count). The molecule has 3 aliphatic heterocycles. The molecule has 1 aromatic carbocycles. The number of alkyl halides is 3. The first-order valence-electron chi connectivity index (χ1n) is 12.4. The highest BCUT2D eigenvalue weighted by atomic mass is 35.5. The number of hydrogen-bond donors (Lipinski definition) is 1. The number of nitrogens with one attached hydrogen (secondary N) is 1. The van der Waals surface area contributed by atoms with Crippen molar-refractivity contribution < 1.29 is 22.7 Å². The van der Waals surface area contributed by atoms with Crippen LogP contribution in [-0.2, 0) is 11.2 Å². The number of aromatic nitrogens is 2. The molecule has 38 heavy (non-hydrogen) atoms. The maximum absolute atomic E-state index is 13.4. The SMILES string of the molecule is Cc1c(C(=O)N2CCN(c3cccc(Cl)c3)CC2)sc2nc(CC3OC4CCN3C4C(F)(F)F)[nH]c(=O)c12.